The number of pyridine rings is 1. The number of anilines is 1. The Morgan fingerprint density at radius 1 is 0.800 bits per heavy atom. The van der Waals surface area contributed by atoms with Gasteiger partial charge in [-0.25, -0.2) is 0 Å². The third kappa shape index (κ3) is 5.89. The summed E-state index contributed by atoms with van der Waals surface area (Å²) in [7, 11) is 0. The summed E-state index contributed by atoms with van der Waals surface area (Å²) in [5.41, 5.74) is 2.13. The summed E-state index contributed by atoms with van der Waals surface area (Å²) in [6.07, 6.45) is 0.251. The predicted molar refractivity (Wildman–Crippen MR) is 129 cm³/mol. The van der Waals surface area contributed by atoms with Crippen LogP contribution in [0.15, 0.2) is 103 Å². The molecule has 1 heterocycles. The van der Waals surface area contributed by atoms with Crippen molar-refractivity contribution in [2.45, 2.75) is 6.18 Å². The Morgan fingerprint density at radius 2 is 1.49 bits per heavy atom. The van der Waals surface area contributed by atoms with Crippen LogP contribution >= 0.6 is 0 Å². The van der Waals surface area contributed by atoms with Gasteiger partial charge >= 0.3 is 6.18 Å². The number of nitrogens with one attached hydrogen (secondary N) is 1. The monoisotopic (exact) mass is 472 g/mol. The smallest absolute Gasteiger partial charge is 0.322 e. The van der Waals surface area contributed by atoms with E-state index in [1.807, 2.05) is 6.07 Å². The lowest BCUT2D eigenvalue weighted by atomic mass is 9.98. The van der Waals surface area contributed by atoms with Crippen LogP contribution < -0.4 is 5.32 Å². The van der Waals surface area contributed by atoms with Gasteiger partial charge < -0.3 is 5.32 Å². The first kappa shape index (κ1) is 23.6. The SMILES string of the molecule is O=C(C=Cc1ccccn1)c1ccc(NC(=O)c2ccccc2-c2ccc(C(F)(F)F)cc2)cc1. The van der Waals surface area contributed by atoms with Crippen LogP contribution in [0.3, 0.4) is 0 Å². The number of alkyl halides is 3. The summed E-state index contributed by atoms with van der Waals surface area (Å²) >= 11 is 0. The van der Waals surface area contributed by atoms with Crippen molar-refractivity contribution < 1.29 is 22.8 Å². The van der Waals surface area contributed by atoms with Crippen LogP contribution in [-0.2, 0) is 6.18 Å². The lowest BCUT2D eigenvalue weighted by Crippen LogP contribution is -2.13. The quantitative estimate of drug-likeness (QED) is 0.245. The molecule has 4 rings (SSSR count). The summed E-state index contributed by atoms with van der Waals surface area (Å²) in [5, 5.41) is 2.77. The molecule has 0 fully saturated rings. The van der Waals surface area contributed by atoms with E-state index >= 15 is 0 Å². The molecule has 4 aromatic rings. The molecule has 7 heteroatoms. The highest BCUT2D eigenvalue weighted by Crippen LogP contribution is 2.32. The Balaban J connectivity index is 1.48. The fraction of sp³-hybridized carbons (Fsp3) is 0.0357. The number of halogens is 3. The molecule has 0 radical (unpaired) electrons. The number of hydrogen-bond acceptors (Lipinski definition) is 3. The van der Waals surface area contributed by atoms with Crippen LogP contribution in [-0.4, -0.2) is 16.7 Å². The average Bonchev–Trinajstić information content (AvgIpc) is 2.88. The van der Waals surface area contributed by atoms with E-state index in [4.69, 9.17) is 0 Å². The maximum absolute atomic E-state index is 12.9. The molecule has 0 spiro atoms. The number of allylic oxidation sites excluding steroid dienone is 1. The van der Waals surface area contributed by atoms with Crippen LogP contribution in [0.4, 0.5) is 18.9 Å². The van der Waals surface area contributed by atoms with Gasteiger partial charge in [0, 0.05) is 23.0 Å². The molecule has 0 saturated carbocycles. The second-order valence-electron chi connectivity index (χ2n) is 7.60. The molecule has 0 aliphatic heterocycles. The minimum absolute atomic E-state index is 0.207. The van der Waals surface area contributed by atoms with Crippen LogP contribution in [0.25, 0.3) is 17.2 Å². The molecule has 4 nitrogen and oxygen atoms in total. The number of rotatable bonds is 6. The van der Waals surface area contributed by atoms with Gasteiger partial charge in [0.15, 0.2) is 5.78 Å². The fourth-order valence-corrected chi connectivity index (χ4v) is 3.42. The van der Waals surface area contributed by atoms with Crippen molar-refractivity contribution in [3.05, 3.63) is 126 Å². The van der Waals surface area contributed by atoms with E-state index < -0.39 is 17.6 Å². The van der Waals surface area contributed by atoms with E-state index in [0.29, 0.717) is 33.6 Å². The van der Waals surface area contributed by atoms with Gasteiger partial charge in [-0.3, -0.25) is 14.6 Å². The summed E-state index contributed by atoms with van der Waals surface area (Å²) in [6.45, 7) is 0. The molecule has 0 bridgehead atoms. The average molecular weight is 472 g/mol. The van der Waals surface area contributed by atoms with Crippen LogP contribution in [0.1, 0.15) is 32.0 Å². The lowest BCUT2D eigenvalue weighted by molar-refractivity contribution is -0.137. The second kappa shape index (κ2) is 10.2. The number of aromatic nitrogens is 1. The Hall–Kier alpha value is -4.52. The number of nitrogens with zero attached hydrogens (tertiary/aromatic N) is 1. The number of hydrogen-bond donors (Lipinski definition) is 1. The summed E-state index contributed by atoms with van der Waals surface area (Å²) < 4.78 is 38.6. The maximum atomic E-state index is 12.9. The van der Waals surface area contributed by atoms with E-state index in [9.17, 15) is 22.8 Å². The normalized spacial score (nSPS) is 11.4. The third-order valence-electron chi connectivity index (χ3n) is 5.22. The molecule has 35 heavy (non-hydrogen) atoms. The van der Waals surface area contributed by atoms with E-state index in [-0.39, 0.29) is 5.78 Å². The summed E-state index contributed by atoms with van der Waals surface area (Å²) in [6, 6.07) is 23.1. The molecule has 0 aliphatic rings. The van der Waals surface area contributed by atoms with Crippen LogP contribution in [0.2, 0.25) is 0 Å². The Labute approximate surface area is 199 Å². The van der Waals surface area contributed by atoms with Crippen molar-refractivity contribution >= 4 is 23.5 Å². The zero-order valence-corrected chi connectivity index (χ0v) is 18.3. The Morgan fingerprint density at radius 3 is 2.14 bits per heavy atom. The fourth-order valence-electron chi connectivity index (χ4n) is 3.42. The zero-order chi connectivity index (χ0) is 24.8. The second-order valence-corrected chi connectivity index (χ2v) is 7.60. The largest absolute Gasteiger partial charge is 0.416 e. The van der Waals surface area contributed by atoms with Gasteiger partial charge in [-0.15, -0.1) is 0 Å². The molecule has 0 atom stereocenters. The first-order chi connectivity index (χ1) is 16.8. The molecular weight excluding hydrogens is 453 g/mol. The highest BCUT2D eigenvalue weighted by atomic mass is 19.4. The predicted octanol–water partition coefficient (Wildman–Crippen LogP) is 6.92. The van der Waals surface area contributed by atoms with Crippen molar-refractivity contribution in [2.75, 3.05) is 5.32 Å². The van der Waals surface area contributed by atoms with Gasteiger partial charge in [0.05, 0.1) is 11.3 Å². The molecule has 0 unspecified atom stereocenters. The highest BCUT2D eigenvalue weighted by molar-refractivity contribution is 6.09. The number of ketones is 1. The highest BCUT2D eigenvalue weighted by Gasteiger charge is 2.30. The van der Waals surface area contributed by atoms with Crippen molar-refractivity contribution in [3.8, 4) is 11.1 Å². The van der Waals surface area contributed by atoms with Gasteiger partial charge in [0.2, 0.25) is 0 Å². The molecule has 1 N–H and O–H groups in total. The number of carbonyl (C=O) groups is 2. The van der Waals surface area contributed by atoms with Crippen molar-refractivity contribution in [3.63, 3.8) is 0 Å². The summed E-state index contributed by atoms with van der Waals surface area (Å²) in [4.78, 5) is 29.5. The first-order valence-electron chi connectivity index (χ1n) is 10.6. The van der Waals surface area contributed by atoms with Gasteiger partial charge in [-0.05, 0) is 77.9 Å². The van der Waals surface area contributed by atoms with E-state index in [1.54, 1.807) is 72.9 Å². The van der Waals surface area contributed by atoms with E-state index in [2.05, 4.69) is 10.3 Å². The van der Waals surface area contributed by atoms with Gasteiger partial charge in [0.1, 0.15) is 0 Å². The number of amides is 1. The molecule has 0 saturated heterocycles. The van der Waals surface area contributed by atoms with Crippen LogP contribution in [0, 0.1) is 0 Å². The van der Waals surface area contributed by atoms with E-state index in [1.165, 1.54) is 18.2 Å². The minimum atomic E-state index is -4.43. The Kier molecular flexibility index (Phi) is 6.87. The molecule has 0 aliphatic carbocycles. The topological polar surface area (TPSA) is 59.1 Å². The van der Waals surface area contributed by atoms with Gasteiger partial charge in [-0.1, -0.05) is 36.4 Å². The lowest BCUT2D eigenvalue weighted by Gasteiger charge is -2.12. The molecule has 1 aromatic heterocycles. The third-order valence-corrected chi connectivity index (χ3v) is 5.22. The Bertz CT molecular complexity index is 1360. The zero-order valence-electron chi connectivity index (χ0n) is 18.3. The minimum Gasteiger partial charge on any atom is -0.322 e. The van der Waals surface area contributed by atoms with Gasteiger partial charge in [0.25, 0.3) is 5.91 Å². The number of benzene rings is 3. The molecule has 1 amide bonds. The number of carbonyl (C=O) groups excluding carboxylic acids is 2. The summed E-state index contributed by atoms with van der Waals surface area (Å²) in [5.74, 6) is -0.629. The van der Waals surface area contributed by atoms with Crippen molar-refractivity contribution in [1.82, 2.24) is 4.98 Å². The van der Waals surface area contributed by atoms with Crippen molar-refractivity contribution in [1.29, 1.82) is 0 Å². The maximum Gasteiger partial charge on any atom is 0.416 e. The van der Waals surface area contributed by atoms with Gasteiger partial charge in [-0.2, -0.15) is 13.2 Å². The standard InChI is InChI=1S/C28H19F3N2O2/c29-28(30,31)21-12-8-19(9-13-21)24-6-1-2-7-25(24)27(35)33-23-14-10-20(11-15-23)26(34)17-16-22-5-3-4-18-32-22/h1-18H,(H,33,35). The van der Waals surface area contributed by atoms with E-state index in [0.717, 1.165) is 12.1 Å². The van der Waals surface area contributed by atoms with Crippen molar-refractivity contribution in [2.24, 2.45) is 0 Å². The first-order valence-corrected chi connectivity index (χ1v) is 10.6. The molecular formula is C28H19F3N2O2. The van der Waals surface area contributed by atoms with Crippen LogP contribution in [0.5, 0.6) is 0 Å². The molecule has 3 aromatic carbocycles. The molecule has 174 valence electrons.